The summed E-state index contributed by atoms with van der Waals surface area (Å²) in [7, 11) is 10.1. The van der Waals surface area contributed by atoms with Crippen LogP contribution in [0.2, 0.25) is 0 Å². The molecule has 6 rings (SSSR count). The quantitative estimate of drug-likeness (QED) is 0.128. The molecule has 0 aliphatic carbocycles. The minimum atomic E-state index is -1.83. The normalized spacial score (nSPS) is 22.5. The highest BCUT2D eigenvalue weighted by Gasteiger charge is 2.41. The van der Waals surface area contributed by atoms with E-state index in [1.807, 2.05) is 0 Å². The van der Waals surface area contributed by atoms with Crippen molar-refractivity contribution in [2.75, 3.05) is 97.4 Å². The fourth-order valence-electron chi connectivity index (χ4n) is 8.50. The van der Waals surface area contributed by atoms with Gasteiger partial charge in [-0.15, -0.1) is 0 Å². The largest absolute Gasteiger partial charge is 0.505 e. The fourth-order valence-corrected chi connectivity index (χ4v) is 12.4. The SMILES string of the molecule is C=C1[C@@H](NC(=O)c2nc3ccccc3cc2O)C(=O)NCC(=O)N(C)[C@H]2CSSC[C@@H](C(=O)N(C)[C@@H](CSC)C(=O)N1C)N(C)C(=O)CNC(=O)[C@H](NC(=O)c1nc3ccccc3cc1O)CN(C)C(=O)[C@H](CSC)N(C)C2=O. The molecule has 422 valence electrons. The summed E-state index contributed by atoms with van der Waals surface area (Å²) in [4.78, 5) is 159. The van der Waals surface area contributed by atoms with Crippen LogP contribution in [0.25, 0.3) is 21.8 Å². The first-order chi connectivity index (χ1) is 37.5. The number of para-hydroxylation sites is 2. The lowest BCUT2D eigenvalue weighted by Gasteiger charge is -2.37. The summed E-state index contributed by atoms with van der Waals surface area (Å²) in [5.74, 6) is -9.97. The van der Waals surface area contributed by atoms with Crippen LogP contribution in [0.15, 0.2) is 72.9 Å². The highest BCUT2D eigenvalue weighted by Crippen LogP contribution is 2.29. The number of likely N-dealkylation sites (N-methyl/N-ethyl adjacent to an activating group) is 6. The first-order valence-electron chi connectivity index (χ1n) is 24.3. The number of rotatable bonds is 8. The second-order valence-corrected chi connectivity index (χ2v) is 22.9. The number of fused-ring (bicyclic) bond motifs is 7. The standard InChI is InChI=1S/C51H62N12O12S4/c1-27-41(57-47(71)43-38(65)19-29-15-11-13-17-31(29)55-43)45(69)53-21-40(67)61(5)35-25-78-79-26-36(51(75)63(7)34(24-77-9)49(73)59(27)3)60(4)39(66)20-52-44(68)32(22-58(2)48(72)33(23-76-8)62(6)50(35)74)56-46(70)42-37(64)18-28-14-10-12-16-30(28)54-42/h10-19,32-36,41,64-65H,1,20-26H2,2-9H3,(H,52,68)(H,53,69)(H,56,70)(H,57,71)/t32-,33+,34+,35+,36+,41-/m1/s1. The van der Waals surface area contributed by atoms with Crippen molar-refractivity contribution in [1.29, 1.82) is 0 Å². The highest BCUT2D eigenvalue weighted by atomic mass is 33.1. The zero-order valence-corrected chi connectivity index (χ0v) is 47.8. The van der Waals surface area contributed by atoms with Crippen molar-refractivity contribution in [3.8, 4) is 11.5 Å². The van der Waals surface area contributed by atoms with Gasteiger partial charge in [0, 0.05) is 88.3 Å². The number of pyridine rings is 2. The zero-order valence-electron chi connectivity index (χ0n) is 44.6. The molecule has 2 aromatic carbocycles. The maximum Gasteiger partial charge on any atom is 0.274 e. The second kappa shape index (κ2) is 27.0. The minimum absolute atomic E-state index is 0.0158. The Hall–Kier alpha value is -7.30. The van der Waals surface area contributed by atoms with E-state index in [9.17, 15) is 58.2 Å². The summed E-state index contributed by atoms with van der Waals surface area (Å²) in [6.07, 6.45) is 3.38. The van der Waals surface area contributed by atoms with Crippen LogP contribution >= 0.6 is 45.1 Å². The Bertz CT molecular complexity index is 3060. The van der Waals surface area contributed by atoms with Gasteiger partial charge in [-0.25, -0.2) is 9.97 Å². The van der Waals surface area contributed by atoms with Gasteiger partial charge in [-0.1, -0.05) is 64.6 Å². The van der Waals surface area contributed by atoms with E-state index in [0.717, 1.165) is 51.0 Å². The van der Waals surface area contributed by atoms with Gasteiger partial charge in [-0.05, 0) is 36.8 Å². The van der Waals surface area contributed by atoms with Crippen molar-refractivity contribution in [3.05, 3.63) is 84.3 Å². The maximum atomic E-state index is 14.9. The number of benzene rings is 2. The highest BCUT2D eigenvalue weighted by molar-refractivity contribution is 8.76. The van der Waals surface area contributed by atoms with E-state index < -0.39 is 138 Å². The van der Waals surface area contributed by atoms with Gasteiger partial charge < -0.3 is 60.9 Å². The molecule has 0 unspecified atom stereocenters. The van der Waals surface area contributed by atoms with Gasteiger partial charge >= 0.3 is 0 Å². The number of carbonyl (C=O) groups excluding carboxylic acids is 10. The summed E-state index contributed by atoms with van der Waals surface area (Å²) in [6.45, 7) is 1.96. The maximum absolute atomic E-state index is 14.9. The molecule has 2 fully saturated rings. The Morgan fingerprint density at radius 3 is 1.53 bits per heavy atom. The van der Waals surface area contributed by atoms with Gasteiger partial charge in [-0.2, -0.15) is 23.5 Å². The van der Waals surface area contributed by atoms with E-state index in [-0.39, 0.29) is 28.7 Å². The van der Waals surface area contributed by atoms with Crippen molar-refractivity contribution < 1.29 is 58.2 Å². The smallest absolute Gasteiger partial charge is 0.274 e. The van der Waals surface area contributed by atoms with Crippen molar-refractivity contribution in [3.63, 3.8) is 0 Å². The third kappa shape index (κ3) is 14.1. The van der Waals surface area contributed by atoms with E-state index in [2.05, 4.69) is 37.8 Å². The van der Waals surface area contributed by atoms with Crippen molar-refractivity contribution in [2.24, 2.45) is 0 Å². The Morgan fingerprint density at radius 1 is 0.633 bits per heavy atom. The van der Waals surface area contributed by atoms with Crippen molar-refractivity contribution in [2.45, 2.75) is 36.3 Å². The first kappa shape index (κ1) is 60.9. The minimum Gasteiger partial charge on any atom is -0.505 e. The number of aromatic hydroxyl groups is 2. The lowest BCUT2D eigenvalue weighted by molar-refractivity contribution is -0.148. The summed E-state index contributed by atoms with van der Waals surface area (Å²) in [5, 5.41) is 32.8. The fraction of sp³-hybridized carbons (Fsp3) is 0.412. The first-order valence-corrected chi connectivity index (χ1v) is 29.6. The number of hydrogen-bond donors (Lipinski definition) is 6. The Kier molecular flexibility index (Phi) is 20.9. The number of thioether (sulfide) groups is 2. The van der Waals surface area contributed by atoms with Crippen LogP contribution in [-0.2, 0) is 38.4 Å². The molecule has 2 aliphatic heterocycles. The summed E-state index contributed by atoms with van der Waals surface area (Å²) < 4.78 is 0. The molecule has 6 atom stereocenters. The molecule has 4 aromatic rings. The van der Waals surface area contributed by atoms with Gasteiger partial charge in [0.15, 0.2) is 11.4 Å². The molecule has 28 heteroatoms. The number of carbonyl (C=O) groups is 10. The van der Waals surface area contributed by atoms with Crippen LogP contribution in [0.3, 0.4) is 0 Å². The summed E-state index contributed by atoms with van der Waals surface area (Å²) in [6, 6.07) is 7.27. The van der Waals surface area contributed by atoms with Gasteiger partial charge in [0.1, 0.15) is 47.8 Å². The van der Waals surface area contributed by atoms with Crippen molar-refractivity contribution >= 4 is 126 Å². The average Bonchev–Trinajstić information content (AvgIpc) is 3.48. The van der Waals surface area contributed by atoms with Crippen LogP contribution in [-0.4, -0.2) is 242 Å². The zero-order chi connectivity index (χ0) is 58.0. The van der Waals surface area contributed by atoms with E-state index in [4.69, 9.17) is 0 Å². The molecule has 2 aromatic heterocycles. The number of nitrogens with one attached hydrogen (secondary N) is 4. The third-order valence-electron chi connectivity index (χ3n) is 13.4. The Labute approximate surface area is 471 Å². The van der Waals surface area contributed by atoms with Crippen LogP contribution < -0.4 is 21.3 Å². The van der Waals surface area contributed by atoms with Crippen LogP contribution in [0.4, 0.5) is 0 Å². The average molecular weight is 1160 g/mol. The summed E-state index contributed by atoms with van der Waals surface area (Å²) >= 11 is 2.41. The van der Waals surface area contributed by atoms with Gasteiger partial charge in [0.25, 0.3) is 11.8 Å². The van der Waals surface area contributed by atoms with E-state index >= 15 is 0 Å². The molecule has 79 heavy (non-hydrogen) atoms. The van der Waals surface area contributed by atoms with Gasteiger partial charge in [0.2, 0.25) is 47.3 Å². The molecule has 0 saturated carbocycles. The molecule has 4 heterocycles. The van der Waals surface area contributed by atoms with Crippen molar-refractivity contribution in [1.82, 2.24) is 60.6 Å². The molecule has 2 saturated heterocycles. The van der Waals surface area contributed by atoms with E-state index in [1.54, 1.807) is 61.0 Å². The van der Waals surface area contributed by atoms with Crippen LogP contribution in [0.5, 0.6) is 11.5 Å². The Balaban J connectivity index is 1.41. The molecule has 10 amide bonds. The van der Waals surface area contributed by atoms with E-state index in [1.165, 1.54) is 77.9 Å². The number of amides is 10. The predicted octanol–water partition coefficient (Wildman–Crippen LogP) is 0.197. The number of hydrogen-bond acceptors (Lipinski definition) is 18. The molecular weight excluding hydrogens is 1100 g/mol. The molecule has 0 radical (unpaired) electrons. The second-order valence-electron chi connectivity index (χ2n) is 18.5. The number of aromatic nitrogens is 2. The van der Waals surface area contributed by atoms with E-state index in [0.29, 0.717) is 21.8 Å². The topological polar surface area (TPSA) is 304 Å². The monoisotopic (exact) mass is 1160 g/mol. The van der Waals surface area contributed by atoms with Crippen LogP contribution in [0, 0.1) is 0 Å². The predicted molar refractivity (Wildman–Crippen MR) is 303 cm³/mol. The lowest BCUT2D eigenvalue weighted by Crippen LogP contribution is -2.60. The molecule has 2 bridgehead atoms. The molecular formula is C51H62N12O12S4. The Morgan fingerprint density at radius 2 is 1.06 bits per heavy atom. The van der Waals surface area contributed by atoms with Gasteiger partial charge in [0.05, 0.1) is 24.1 Å². The number of nitrogens with zero attached hydrogens (tertiary/aromatic N) is 8. The van der Waals surface area contributed by atoms with Gasteiger partial charge in [-0.3, -0.25) is 47.9 Å². The molecule has 0 spiro atoms. The lowest BCUT2D eigenvalue weighted by atomic mass is 10.1. The molecule has 6 N–H and O–H groups in total. The molecule has 24 nitrogen and oxygen atoms in total. The summed E-state index contributed by atoms with van der Waals surface area (Å²) in [5.41, 5.74) is -0.555. The molecule has 2 aliphatic rings. The third-order valence-corrected chi connectivity index (χ3v) is 17.1. The van der Waals surface area contributed by atoms with Crippen LogP contribution in [0.1, 0.15) is 21.0 Å².